The summed E-state index contributed by atoms with van der Waals surface area (Å²) < 4.78 is 43.2. The summed E-state index contributed by atoms with van der Waals surface area (Å²) in [7, 11) is 0.0542. The average Bonchev–Trinajstić information content (AvgIpc) is 2.87. The van der Waals surface area contributed by atoms with Crippen molar-refractivity contribution < 1.29 is 17.0 Å². The second-order valence-corrected chi connectivity index (χ2v) is 7.50. The molecule has 0 fully saturated rings. The van der Waals surface area contributed by atoms with Gasteiger partial charge in [0.25, 0.3) is 0 Å². The number of benzene rings is 1. The molecule has 0 bridgehead atoms. The topological polar surface area (TPSA) is 76.8 Å². The predicted octanol–water partition coefficient (Wildman–Crippen LogP) is 1.94. The smallest absolute Gasteiger partial charge is 0.306 e. The van der Waals surface area contributed by atoms with Crippen LogP contribution in [0.25, 0.3) is 16.8 Å². The number of hydrogen-bond acceptors (Lipinski definition) is 6. The van der Waals surface area contributed by atoms with Gasteiger partial charge in [0.15, 0.2) is 17.2 Å². The van der Waals surface area contributed by atoms with Crippen LogP contribution in [0.5, 0.6) is 5.75 Å². The highest BCUT2D eigenvalue weighted by Gasteiger charge is 2.15. The third-order valence-corrected chi connectivity index (χ3v) is 3.91. The van der Waals surface area contributed by atoms with Gasteiger partial charge in [0.2, 0.25) is 0 Å². The molecule has 0 N–H and O–H groups in total. The Labute approximate surface area is 144 Å². The molecule has 25 heavy (non-hydrogen) atoms. The summed E-state index contributed by atoms with van der Waals surface area (Å²) in [6.07, 6.45) is 2.69. The van der Waals surface area contributed by atoms with Crippen molar-refractivity contribution in [3.8, 4) is 16.9 Å². The van der Waals surface area contributed by atoms with Gasteiger partial charge in [-0.3, -0.25) is 4.40 Å². The van der Waals surface area contributed by atoms with Gasteiger partial charge in [-0.2, -0.15) is 8.42 Å². The highest BCUT2D eigenvalue weighted by Crippen LogP contribution is 2.32. The Morgan fingerprint density at radius 1 is 1.20 bits per heavy atom. The monoisotopic (exact) mass is 364 g/mol. The molecule has 0 aliphatic heterocycles. The molecule has 0 unspecified atom stereocenters. The third kappa shape index (κ3) is 3.94. The van der Waals surface area contributed by atoms with E-state index in [1.54, 1.807) is 18.3 Å². The Hall–Kier alpha value is -2.52. The molecule has 7 nitrogen and oxygen atoms in total. The van der Waals surface area contributed by atoms with Crippen LogP contribution in [-0.2, 0) is 16.7 Å². The maximum atomic E-state index is 13.5. The molecule has 0 saturated heterocycles. The van der Waals surface area contributed by atoms with Crippen molar-refractivity contribution in [1.82, 2.24) is 19.5 Å². The van der Waals surface area contributed by atoms with Gasteiger partial charge in [0.1, 0.15) is 5.82 Å². The van der Waals surface area contributed by atoms with Gasteiger partial charge in [-0.1, -0.05) is 0 Å². The van der Waals surface area contributed by atoms with Crippen LogP contribution in [0.15, 0.2) is 36.5 Å². The standard InChI is InChI=1S/C16H17FN4O3S/c1-20(2)10-16-19-18-15-7-4-11(9-21(15)16)13-6-5-12(17)8-14(13)24-25(3,22)23/h4-9H,10H2,1-3H3. The minimum absolute atomic E-state index is 0.0657. The lowest BCUT2D eigenvalue weighted by Crippen LogP contribution is -2.13. The fourth-order valence-electron chi connectivity index (χ4n) is 2.45. The van der Waals surface area contributed by atoms with Gasteiger partial charge in [-0.25, -0.2) is 4.39 Å². The minimum atomic E-state index is -3.78. The lowest BCUT2D eigenvalue weighted by atomic mass is 10.1. The lowest BCUT2D eigenvalue weighted by Gasteiger charge is -2.11. The molecule has 0 amide bonds. The number of aromatic nitrogens is 3. The summed E-state index contributed by atoms with van der Waals surface area (Å²) in [4.78, 5) is 1.96. The Morgan fingerprint density at radius 2 is 1.96 bits per heavy atom. The Morgan fingerprint density at radius 3 is 2.64 bits per heavy atom. The van der Waals surface area contributed by atoms with Gasteiger partial charge in [0, 0.05) is 23.4 Å². The van der Waals surface area contributed by atoms with E-state index in [1.165, 1.54) is 12.1 Å². The van der Waals surface area contributed by atoms with Crippen molar-refractivity contribution in [1.29, 1.82) is 0 Å². The van der Waals surface area contributed by atoms with E-state index in [0.29, 0.717) is 23.3 Å². The molecule has 3 rings (SSSR count). The number of hydrogen-bond donors (Lipinski definition) is 0. The second kappa shape index (κ2) is 6.41. The third-order valence-electron chi connectivity index (χ3n) is 3.43. The number of rotatable bonds is 5. The Kier molecular flexibility index (Phi) is 4.44. The molecule has 0 spiro atoms. The van der Waals surface area contributed by atoms with Crippen molar-refractivity contribution in [2.45, 2.75) is 6.54 Å². The quantitative estimate of drug-likeness (QED) is 0.644. The maximum absolute atomic E-state index is 13.5. The van der Waals surface area contributed by atoms with Crippen LogP contribution in [-0.4, -0.2) is 48.3 Å². The predicted molar refractivity (Wildman–Crippen MR) is 91.2 cm³/mol. The number of fused-ring (bicyclic) bond motifs is 1. The van der Waals surface area contributed by atoms with Crippen LogP contribution in [0.1, 0.15) is 5.82 Å². The number of halogens is 1. The SMILES string of the molecule is CN(C)Cc1nnc2ccc(-c3ccc(F)cc3OS(C)(=O)=O)cn12. The molecular formula is C16H17FN4O3S. The van der Waals surface area contributed by atoms with E-state index < -0.39 is 15.9 Å². The number of nitrogens with zero attached hydrogens (tertiary/aromatic N) is 4. The average molecular weight is 364 g/mol. The fraction of sp³-hybridized carbons (Fsp3) is 0.250. The largest absolute Gasteiger partial charge is 0.382 e. The van der Waals surface area contributed by atoms with Gasteiger partial charge >= 0.3 is 10.1 Å². The Balaban J connectivity index is 2.13. The molecule has 0 radical (unpaired) electrons. The fourth-order valence-corrected chi connectivity index (χ4v) is 2.92. The first-order chi connectivity index (χ1) is 11.7. The van der Waals surface area contributed by atoms with Crippen LogP contribution in [0.4, 0.5) is 4.39 Å². The summed E-state index contributed by atoms with van der Waals surface area (Å²) in [5.41, 5.74) is 1.78. The maximum Gasteiger partial charge on any atom is 0.306 e. The summed E-state index contributed by atoms with van der Waals surface area (Å²) in [5, 5.41) is 8.25. The van der Waals surface area contributed by atoms with E-state index in [-0.39, 0.29) is 5.75 Å². The van der Waals surface area contributed by atoms with Gasteiger partial charge < -0.3 is 9.08 Å². The first-order valence-corrected chi connectivity index (χ1v) is 9.22. The molecule has 3 aromatic rings. The zero-order valence-electron chi connectivity index (χ0n) is 14.0. The molecule has 2 aromatic heterocycles. The van der Waals surface area contributed by atoms with E-state index in [9.17, 15) is 12.8 Å². The van der Waals surface area contributed by atoms with E-state index in [1.807, 2.05) is 23.4 Å². The number of pyridine rings is 1. The molecule has 0 aliphatic carbocycles. The first kappa shape index (κ1) is 17.3. The second-order valence-electron chi connectivity index (χ2n) is 5.93. The zero-order chi connectivity index (χ0) is 18.2. The normalized spacial score (nSPS) is 12.0. The van der Waals surface area contributed by atoms with E-state index in [4.69, 9.17) is 4.18 Å². The van der Waals surface area contributed by atoms with Crippen molar-refractivity contribution >= 4 is 15.8 Å². The molecule has 0 saturated carbocycles. The highest BCUT2D eigenvalue weighted by molar-refractivity contribution is 7.86. The van der Waals surface area contributed by atoms with E-state index in [2.05, 4.69) is 10.2 Å². The lowest BCUT2D eigenvalue weighted by molar-refractivity contribution is 0.388. The van der Waals surface area contributed by atoms with Crippen LogP contribution < -0.4 is 4.18 Å². The Bertz CT molecular complexity index is 1030. The van der Waals surface area contributed by atoms with Crippen molar-refractivity contribution in [3.63, 3.8) is 0 Å². The summed E-state index contributed by atoms with van der Waals surface area (Å²) in [6, 6.07) is 7.29. The van der Waals surface area contributed by atoms with Gasteiger partial charge in [0.05, 0.1) is 12.8 Å². The van der Waals surface area contributed by atoms with Crippen molar-refractivity contribution in [3.05, 3.63) is 48.2 Å². The van der Waals surface area contributed by atoms with Crippen molar-refractivity contribution in [2.24, 2.45) is 0 Å². The summed E-state index contributed by atoms with van der Waals surface area (Å²) in [6.45, 7) is 0.584. The molecular weight excluding hydrogens is 347 g/mol. The van der Waals surface area contributed by atoms with Gasteiger partial charge in [-0.05, 0) is 38.4 Å². The van der Waals surface area contributed by atoms with Crippen LogP contribution in [0.3, 0.4) is 0 Å². The molecule has 0 atom stereocenters. The van der Waals surface area contributed by atoms with E-state index in [0.717, 1.165) is 18.1 Å². The molecule has 2 heterocycles. The minimum Gasteiger partial charge on any atom is -0.382 e. The molecule has 132 valence electrons. The van der Waals surface area contributed by atoms with Crippen LogP contribution in [0.2, 0.25) is 0 Å². The first-order valence-electron chi connectivity index (χ1n) is 7.41. The zero-order valence-corrected chi connectivity index (χ0v) is 14.8. The van der Waals surface area contributed by atoms with Gasteiger partial charge in [-0.15, -0.1) is 10.2 Å². The highest BCUT2D eigenvalue weighted by atomic mass is 32.2. The van der Waals surface area contributed by atoms with Crippen LogP contribution in [0, 0.1) is 5.82 Å². The summed E-state index contributed by atoms with van der Waals surface area (Å²) in [5.74, 6) is 0.0831. The molecule has 9 heteroatoms. The molecule has 1 aromatic carbocycles. The van der Waals surface area contributed by atoms with E-state index >= 15 is 0 Å². The summed E-state index contributed by atoms with van der Waals surface area (Å²) >= 11 is 0. The van der Waals surface area contributed by atoms with Crippen LogP contribution >= 0.6 is 0 Å². The van der Waals surface area contributed by atoms with Crippen molar-refractivity contribution in [2.75, 3.05) is 20.4 Å². The molecule has 0 aliphatic rings.